The van der Waals surface area contributed by atoms with E-state index in [2.05, 4.69) is 6.92 Å². The molecule has 1 aromatic carbocycles. The standard InChI is InChI=1S/C20H26ClNO3S/c1-2-26-12-18(14-3-4-14)22-17(13-5-8-16(21)9-6-13)10-7-15(20(22)25)11-19(23)24/h5-6,8-9,14-15,17-18H,2-4,7,10-12H2,1H3,(H,23,24). The van der Waals surface area contributed by atoms with Crippen LogP contribution in [0.4, 0.5) is 0 Å². The smallest absolute Gasteiger partial charge is 0.304 e. The van der Waals surface area contributed by atoms with Gasteiger partial charge in [0.1, 0.15) is 0 Å². The van der Waals surface area contributed by atoms with Crippen LogP contribution in [0.5, 0.6) is 0 Å². The Balaban J connectivity index is 1.89. The van der Waals surface area contributed by atoms with Gasteiger partial charge in [0.15, 0.2) is 0 Å². The minimum Gasteiger partial charge on any atom is -0.481 e. The van der Waals surface area contributed by atoms with Gasteiger partial charge in [-0.05, 0) is 55.1 Å². The Hall–Kier alpha value is -1.20. The van der Waals surface area contributed by atoms with Crippen molar-refractivity contribution in [3.05, 3.63) is 34.9 Å². The molecule has 3 rings (SSSR count). The highest BCUT2D eigenvalue weighted by molar-refractivity contribution is 7.99. The van der Waals surface area contributed by atoms with Crippen LogP contribution in [0.3, 0.4) is 0 Å². The number of rotatable bonds is 8. The molecule has 0 bridgehead atoms. The van der Waals surface area contributed by atoms with Crippen molar-refractivity contribution in [2.75, 3.05) is 11.5 Å². The van der Waals surface area contributed by atoms with Gasteiger partial charge in [0.05, 0.1) is 12.5 Å². The summed E-state index contributed by atoms with van der Waals surface area (Å²) in [6.07, 6.45) is 3.70. The number of piperidine rings is 1. The fourth-order valence-corrected chi connectivity index (χ4v) is 4.99. The number of likely N-dealkylation sites (tertiary alicyclic amines) is 1. The molecule has 1 amide bonds. The predicted molar refractivity (Wildman–Crippen MR) is 106 cm³/mol. The van der Waals surface area contributed by atoms with Crippen molar-refractivity contribution in [3.63, 3.8) is 0 Å². The number of hydrogen-bond donors (Lipinski definition) is 1. The minimum absolute atomic E-state index is 0.0206. The van der Waals surface area contributed by atoms with Crippen molar-refractivity contribution < 1.29 is 14.7 Å². The van der Waals surface area contributed by atoms with Gasteiger partial charge in [-0.3, -0.25) is 9.59 Å². The van der Waals surface area contributed by atoms with Crippen molar-refractivity contribution in [3.8, 4) is 0 Å². The van der Waals surface area contributed by atoms with Crippen molar-refractivity contribution >= 4 is 35.2 Å². The molecule has 1 N–H and O–H groups in total. The Labute approximate surface area is 164 Å². The molecule has 1 aliphatic heterocycles. The van der Waals surface area contributed by atoms with Gasteiger partial charge in [-0.15, -0.1) is 0 Å². The molecule has 0 spiro atoms. The van der Waals surface area contributed by atoms with Crippen LogP contribution < -0.4 is 0 Å². The number of carboxylic acid groups (broad SMARTS) is 1. The van der Waals surface area contributed by atoms with E-state index in [1.807, 2.05) is 40.9 Å². The monoisotopic (exact) mass is 395 g/mol. The van der Waals surface area contributed by atoms with Crippen LogP contribution in [0, 0.1) is 11.8 Å². The highest BCUT2D eigenvalue weighted by atomic mass is 35.5. The van der Waals surface area contributed by atoms with E-state index >= 15 is 0 Å². The second-order valence-corrected chi connectivity index (χ2v) is 9.00. The largest absolute Gasteiger partial charge is 0.481 e. The summed E-state index contributed by atoms with van der Waals surface area (Å²) in [7, 11) is 0. The Kier molecular flexibility index (Phi) is 6.51. The molecule has 1 saturated heterocycles. The summed E-state index contributed by atoms with van der Waals surface area (Å²) in [6, 6.07) is 7.97. The number of hydrogen-bond acceptors (Lipinski definition) is 3. The van der Waals surface area contributed by atoms with Gasteiger partial charge in [0.25, 0.3) is 0 Å². The van der Waals surface area contributed by atoms with E-state index in [4.69, 9.17) is 11.6 Å². The van der Waals surface area contributed by atoms with Gasteiger partial charge >= 0.3 is 5.97 Å². The van der Waals surface area contributed by atoms with Gasteiger partial charge in [-0.1, -0.05) is 30.7 Å². The number of amides is 1. The third-order valence-corrected chi connectivity index (χ3v) is 6.66. The highest BCUT2D eigenvalue weighted by Gasteiger charge is 2.45. The lowest BCUT2D eigenvalue weighted by atomic mass is 9.85. The lowest BCUT2D eigenvalue weighted by Gasteiger charge is -2.44. The van der Waals surface area contributed by atoms with Crippen LogP contribution in [0.15, 0.2) is 24.3 Å². The van der Waals surface area contributed by atoms with Crippen molar-refractivity contribution in [1.29, 1.82) is 0 Å². The van der Waals surface area contributed by atoms with Gasteiger partial charge in [0.2, 0.25) is 5.91 Å². The maximum Gasteiger partial charge on any atom is 0.304 e. The van der Waals surface area contributed by atoms with E-state index in [0.29, 0.717) is 17.4 Å². The zero-order valence-electron chi connectivity index (χ0n) is 15.1. The Morgan fingerprint density at radius 2 is 1.96 bits per heavy atom. The first-order valence-corrected chi connectivity index (χ1v) is 10.9. The predicted octanol–water partition coefficient (Wildman–Crippen LogP) is 4.63. The van der Waals surface area contributed by atoms with E-state index in [9.17, 15) is 14.7 Å². The topological polar surface area (TPSA) is 57.6 Å². The molecule has 3 unspecified atom stereocenters. The molecule has 1 aromatic rings. The molecule has 1 heterocycles. The molecule has 3 atom stereocenters. The first-order valence-electron chi connectivity index (χ1n) is 9.38. The molecule has 142 valence electrons. The van der Waals surface area contributed by atoms with E-state index in [1.54, 1.807) is 0 Å². The highest BCUT2D eigenvalue weighted by Crippen LogP contribution is 2.44. The van der Waals surface area contributed by atoms with Crippen LogP contribution in [-0.4, -0.2) is 39.4 Å². The molecule has 2 fully saturated rings. The molecule has 0 aromatic heterocycles. The number of halogens is 1. The number of carbonyl (C=O) groups excluding carboxylic acids is 1. The van der Waals surface area contributed by atoms with Crippen LogP contribution in [0.25, 0.3) is 0 Å². The van der Waals surface area contributed by atoms with Crippen LogP contribution in [0.2, 0.25) is 5.02 Å². The second-order valence-electron chi connectivity index (χ2n) is 7.25. The maximum absolute atomic E-state index is 13.3. The average Bonchev–Trinajstić information content (AvgIpc) is 3.44. The molecule has 26 heavy (non-hydrogen) atoms. The van der Waals surface area contributed by atoms with Crippen LogP contribution in [-0.2, 0) is 9.59 Å². The number of thioether (sulfide) groups is 1. The van der Waals surface area contributed by atoms with Gasteiger partial charge in [-0.2, -0.15) is 11.8 Å². The molecule has 1 saturated carbocycles. The van der Waals surface area contributed by atoms with E-state index < -0.39 is 11.9 Å². The van der Waals surface area contributed by atoms with Gasteiger partial charge in [0, 0.05) is 22.7 Å². The fourth-order valence-electron chi connectivity index (χ4n) is 3.96. The number of carboxylic acids is 1. The third kappa shape index (κ3) is 4.55. The maximum atomic E-state index is 13.3. The first-order chi connectivity index (χ1) is 12.5. The van der Waals surface area contributed by atoms with Crippen LogP contribution >= 0.6 is 23.4 Å². The third-order valence-electron chi connectivity index (χ3n) is 5.42. The summed E-state index contributed by atoms with van der Waals surface area (Å²) in [5.74, 6) is 1.23. The molecular weight excluding hydrogens is 370 g/mol. The normalized spacial score (nSPS) is 24.5. The van der Waals surface area contributed by atoms with Gasteiger partial charge in [-0.25, -0.2) is 0 Å². The summed E-state index contributed by atoms with van der Waals surface area (Å²) in [5, 5.41) is 9.88. The Morgan fingerprint density at radius 3 is 2.54 bits per heavy atom. The lowest BCUT2D eigenvalue weighted by molar-refractivity contribution is -0.151. The van der Waals surface area contributed by atoms with Crippen molar-refractivity contribution in [2.24, 2.45) is 11.8 Å². The fraction of sp³-hybridized carbons (Fsp3) is 0.600. The number of nitrogens with zero attached hydrogens (tertiary/aromatic N) is 1. The molecule has 1 aliphatic carbocycles. The van der Waals surface area contributed by atoms with Crippen molar-refractivity contribution in [2.45, 2.75) is 51.1 Å². The Bertz CT molecular complexity index is 647. The average molecular weight is 396 g/mol. The minimum atomic E-state index is -0.890. The molecule has 0 radical (unpaired) electrons. The zero-order valence-corrected chi connectivity index (χ0v) is 16.6. The molecule has 4 nitrogen and oxygen atoms in total. The van der Waals surface area contributed by atoms with E-state index in [-0.39, 0.29) is 24.4 Å². The summed E-state index contributed by atoms with van der Waals surface area (Å²) < 4.78 is 0. The zero-order chi connectivity index (χ0) is 18.7. The molecule has 2 aliphatic rings. The van der Waals surface area contributed by atoms with Gasteiger partial charge < -0.3 is 10.0 Å². The number of carbonyl (C=O) groups is 2. The van der Waals surface area contributed by atoms with E-state index in [0.717, 1.165) is 36.3 Å². The molecular formula is C20H26ClNO3S. The summed E-state index contributed by atoms with van der Waals surface area (Å²) in [6.45, 7) is 2.14. The van der Waals surface area contributed by atoms with E-state index in [1.165, 1.54) is 0 Å². The summed E-state index contributed by atoms with van der Waals surface area (Å²) in [5.41, 5.74) is 1.10. The quantitative estimate of drug-likeness (QED) is 0.697. The lowest BCUT2D eigenvalue weighted by Crippen LogP contribution is -2.51. The number of benzene rings is 1. The summed E-state index contributed by atoms with van der Waals surface area (Å²) in [4.78, 5) is 26.5. The Morgan fingerprint density at radius 1 is 1.27 bits per heavy atom. The SMILES string of the molecule is CCSCC(C1CC1)N1C(=O)C(CC(=O)O)CCC1c1ccc(Cl)cc1. The molecule has 6 heteroatoms. The van der Waals surface area contributed by atoms with Crippen molar-refractivity contribution in [1.82, 2.24) is 4.90 Å². The second kappa shape index (κ2) is 8.66. The van der Waals surface area contributed by atoms with Crippen LogP contribution in [0.1, 0.15) is 50.6 Å². The first kappa shape index (κ1) is 19.6. The summed E-state index contributed by atoms with van der Waals surface area (Å²) >= 11 is 7.90. The number of aliphatic carboxylic acids is 1.